The molecular formula is C19H23ClFN3O2. The number of carbonyl (C=O) groups is 1. The van der Waals surface area contributed by atoms with Crippen molar-refractivity contribution in [2.75, 3.05) is 26.2 Å². The first-order valence-electron chi connectivity index (χ1n) is 8.94. The molecule has 4 rings (SSSR count). The van der Waals surface area contributed by atoms with E-state index in [1.54, 1.807) is 0 Å². The van der Waals surface area contributed by atoms with Crippen LogP contribution in [-0.2, 0) is 19.4 Å². The van der Waals surface area contributed by atoms with E-state index in [4.69, 9.17) is 4.52 Å². The third kappa shape index (κ3) is 3.91. The van der Waals surface area contributed by atoms with Crippen molar-refractivity contribution in [3.63, 3.8) is 0 Å². The van der Waals surface area contributed by atoms with Crippen LogP contribution in [0.2, 0.25) is 0 Å². The van der Waals surface area contributed by atoms with Gasteiger partial charge in [0.15, 0.2) is 5.69 Å². The summed E-state index contributed by atoms with van der Waals surface area (Å²) in [5.41, 5.74) is 2.62. The van der Waals surface area contributed by atoms with Gasteiger partial charge in [0, 0.05) is 44.7 Å². The maximum Gasteiger partial charge on any atom is 0.276 e. The van der Waals surface area contributed by atoms with Crippen molar-refractivity contribution in [1.29, 1.82) is 0 Å². The molecule has 0 unspecified atom stereocenters. The van der Waals surface area contributed by atoms with E-state index in [1.807, 2.05) is 17.0 Å². The number of carbonyl (C=O) groups excluding carboxylic acids is 1. The molecule has 0 atom stereocenters. The molecule has 1 saturated heterocycles. The van der Waals surface area contributed by atoms with Gasteiger partial charge in [-0.2, -0.15) is 0 Å². The number of nitrogens with zero attached hydrogens (tertiary/aromatic N) is 3. The van der Waals surface area contributed by atoms with E-state index in [0.717, 1.165) is 62.2 Å². The third-order valence-corrected chi connectivity index (χ3v) is 5.13. The molecule has 1 amide bonds. The summed E-state index contributed by atoms with van der Waals surface area (Å²) in [6.45, 7) is 3.76. The van der Waals surface area contributed by atoms with Crippen LogP contribution in [0.15, 0.2) is 28.8 Å². The Balaban J connectivity index is 0.00000196. The Morgan fingerprint density at radius 1 is 1.08 bits per heavy atom. The molecule has 0 spiro atoms. The number of halogens is 2. The van der Waals surface area contributed by atoms with Gasteiger partial charge in [-0.1, -0.05) is 17.3 Å². The zero-order valence-electron chi connectivity index (χ0n) is 14.6. The summed E-state index contributed by atoms with van der Waals surface area (Å²) in [4.78, 5) is 16.9. The van der Waals surface area contributed by atoms with Gasteiger partial charge in [-0.25, -0.2) is 4.39 Å². The number of amides is 1. The summed E-state index contributed by atoms with van der Waals surface area (Å²) in [7, 11) is 0. The summed E-state index contributed by atoms with van der Waals surface area (Å²) in [6.07, 6.45) is 3.99. The van der Waals surface area contributed by atoms with Crippen molar-refractivity contribution in [3.05, 3.63) is 52.7 Å². The van der Waals surface area contributed by atoms with Gasteiger partial charge >= 0.3 is 0 Å². The Kier molecular flexibility index (Phi) is 5.94. The highest BCUT2D eigenvalue weighted by Crippen LogP contribution is 2.25. The fourth-order valence-electron chi connectivity index (χ4n) is 3.66. The van der Waals surface area contributed by atoms with E-state index in [1.165, 1.54) is 12.1 Å². The number of fused-ring (bicyclic) bond motifs is 1. The second-order valence-corrected chi connectivity index (χ2v) is 6.83. The van der Waals surface area contributed by atoms with Crippen molar-refractivity contribution in [3.8, 4) is 0 Å². The smallest absolute Gasteiger partial charge is 0.276 e. The van der Waals surface area contributed by atoms with Crippen LogP contribution in [0.5, 0.6) is 0 Å². The average Bonchev–Trinajstić information content (AvgIpc) is 3.08. The number of hydrogen-bond donors (Lipinski definition) is 0. The van der Waals surface area contributed by atoms with Crippen molar-refractivity contribution in [2.45, 2.75) is 32.2 Å². The number of aromatic nitrogens is 1. The van der Waals surface area contributed by atoms with Gasteiger partial charge in [0.25, 0.3) is 5.91 Å². The molecule has 0 saturated carbocycles. The van der Waals surface area contributed by atoms with E-state index in [9.17, 15) is 9.18 Å². The highest BCUT2D eigenvalue weighted by Gasteiger charge is 2.29. The second kappa shape index (κ2) is 8.18. The molecular weight excluding hydrogens is 357 g/mol. The van der Waals surface area contributed by atoms with E-state index in [-0.39, 0.29) is 24.1 Å². The number of piperazine rings is 1. The lowest BCUT2D eigenvalue weighted by Crippen LogP contribution is -2.48. The largest absolute Gasteiger partial charge is 0.360 e. The molecule has 140 valence electrons. The second-order valence-electron chi connectivity index (χ2n) is 6.83. The summed E-state index contributed by atoms with van der Waals surface area (Å²) < 4.78 is 18.4. The molecule has 5 nitrogen and oxygen atoms in total. The van der Waals surface area contributed by atoms with E-state index < -0.39 is 0 Å². The molecule has 2 heterocycles. The van der Waals surface area contributed by atoms with Gasteiger partial charge in [-0.15, -0.1) is 12.4 Å². The van der Waals surface area contributed by atoms with Crippen LogP contribution in [0.1, 0.15) is 40.2 Å². The summed E-state index contributed by atoms with van der Waals surface area (Å²) in [6, 6.07) is 6.61. The normalized spacial score (nSPS) is 17.5. The third-order valence-electron chi connectivity index (χ3n) is 5.13. The first-order chi connectivity index (χ1) is 12.2. The van der Waals surface area contributed by atoms with Gasteiger partial charge < -0.3 is 9.42 Å². The molecule has 1 aromatic heterocycles. The number of hydrogen-bond acceptors (Lipinski definition) is 4. The molecule has 0 N–H and O–H groups in total. The van der Waals surface area contributed by atoms with Crippen molar-refractivity contribution in [2.24, 2.45) is 0 Å². The van der Waals surface area contributed by atoms with Gasteiger partial charge in [0.05, 0.1) is 0 Å². The Morgan fingerprint density at radius 3 is 2.50 bits per heavy atom. The molecule has 2 aromatic rings. The predicted octanol–water partition coefficient (Wildman–Crippen LogP) is 3.07. The van der Waals surface area contributed by atoms with Crippen LogP contribution in [0.3, 0.4) is 0 Å². The molecule has 1 aliphatic heterocycles. The van der Waals surface area contributed by atoms with Gasteiger partial charge in [0.1, 0.15) is 11.6 Å². The molecule has 0 radical (unpaired) electrons. The highest BCUT2D eigenvalue weighted by atomic mass is 35.5. The van der Waals surface area contributed by atoms with E-state index in [2.05, 4.69) is 10.1 Å². The van der Waals surface area contributed by atoms with Gasteiger partial charge in [0.2, 0.25) is 0 Å². The fraction of sp³-hybridized carbons (Fsp3) is 0.474. The standard InChI is InChI=1S/C19H22FN3O2.ClH/c20-15-7-5-14(6-8-15)13-22-9-11-23(12-10-22)19(24)18-16-3-1-2-4-17(16)25-21-18;/h5-8H,1-4,9-13H2;1H. The minimum absolute atomic E-state index is 0. The van der Waals surface area contributed by atoms with Crippen LogP contribution in [0.25, 0.3) is 0 Å². The maximum atomic E-state index is 13.0. The zero-order valence-corrected chi connectivity index (χ0v) is 15.4. The Morgan fingerprint density at radius 2 is 1.77 bits per heavy atom. The quantitative estimate of drug-likeness (QED) is 0.822. The molecule has 26 heavy (non-hydrogen) atoms. The highest BCUT2D eigenvalue weighted by molar-refractivity contribution is 5.94. The minimum atomic E-state index is -0.213. The average molecular weight is 380 g/mol. The Bertz CT molecular complexity index is 755. The molecule has 0 bridgehead atoms. The lowest BCUT2D eigenvalue weighted by Gasteiger charge is -2.34. The summed E-state index contributed by atoms with van der Waals surface area (Å²) in [5.74, 6) is 0.674. The first-order valence-corrected chi connectivity index (χ1v) is 8.94. The Hall–Kier alpha value is -1.92. The van der Waals surface area contributed by atoms with Gasteiger partial charge in [-0.3, -0.25) is 9.69 Å². The Labute approximate surface area is 158 Å². The van der Waals surface area contributed by atoms with Crippen LogP contribution in [0.4, 0.5) is 4.39 Å². The van der Waals surface area contributed by atoms with E-state index in [0.29, 0.717) is 18.8 Å². The molecule has 1 aliphatic carbocycles. The summed E-state index contributed by atoms with van der Waals surface area (Å²) in [5, 5.41) is 4.05. The lowest BCUT2D eigenvalue weighted by atomic mass is 9.96. The number of aryl methyl sites for hydroxylation is 1. The zero-order chi connectivity index (χ0) is 17.2. The summed E-state index contributed by atoms with van der Waals surface area (Å²) >= 11 is 0. The molecule has 2 aliphatic rings. The van der Waals surface area contributed by atoms with Gasteiger partial charge in [-0.05, 0) is 37.0 Å². The number of rotatable bonds is 3. The first kappa shape index (κ1) is 18.9. The van der Waals surface area contributed by atoms with Crippen LogP contribution in [0, 0.1) is 5.82 Å². The molecule has 1 aromatic carbocycles. The maximum absolute atomic E-state index is 13.0. The lowest BCUT2D eigenvalue weighted by molar-refractivity contribution is 0.0617. The van der Waals surface area contributed by atoms with Crippen molar-refractivity contribution >= 4 is 18.3 Å². The fourth-order valence-corrected chi connectivity index (χ4v) is 3.66. The van der Waals surface area contributed by atoms with Crippen molar-refractivity contribution < 1.29 is 13.7 Å². The van der Waals surface area contributed by atoms with Crippen molar-refractivity contribution in [1.82, 2.24) is 15.0 Å². The predicted molar refractivity (Wildman–Crippen MR) is 98.0 cm³/mol. The monoisotopic (exact) mass is 379 g/mol. The number of benzene rings is 1. The topological polar surface area (TPSA) is 49.6 Å². The van der Waals surface area contributed by atoms with Crippen LogP contribution >= 0.6 is 12.4 Å². The van der Waals surface area contributed by atoms with E-state index >= 15 is 0 Å². The SMILES string of the molecule is Cl.O=C(c1noc2c1CCCC2)N1CCN(Cc2ccc(F)cc2)CC1. The molecule has 1 fully saturated rings. The molecule has 7 heteroatoms. The van der Waals surface area contributed by atoms with Crippen LogP contribution in [-0.4, -0.2) is 47.0 Å². The minimum Gasteiger partial charge on any atom is -0.360 e. The van der Waals surface area contributed by atoms with Crippen LogP contribution < -0.4 is 0 Å².